The van der Waals surface area contributed by atoms with Gasteiger partial charge in [-0.3, -0.25) is 4.90 Å². The van der Waals surface area contributed by atoms with E-state index < -0.39 is 18.3 Å². The maximum atomic E-state index is 13.9. The van der Waals surface area contributed by atoms with Gasteiger partial charge in [0.25, 0.3) is 0 Å². The lowest BCUT2D eigenvalue weighted by atomic mass is 9.92. The van der Waals surface area contributed by atoms with Crippen molar-refractivity contribution in [3.05, 3.63) is 102 Å². The molecule has 1 saturated heterocycles. The fraction of sp³-hybridized carbons (Fsp3) is 0.486. The van der Waals surface area contributed by atoms with Gasteiger partial charge in [-0.15, -0.1) is 0 Å². The molecule has 0 N–H and O–H groups in total. The summed E-state index contributed by atoms with van der Waals surface area (Å²) < 4.78 is 36.1. The van der Waals surface area contributed by atoms with Crippen LogP contribution in [-0.4, -0.2) is 57.7 Å². The Hall–Kier alpha value is -2.29. The lowest BCUT2D eigenvalue weighted by Gasteiger charge is -2.48. The largest absolute Gasteiger partial charge is 0.417 e. The van der Waals surface area contributed by atoms with E-state index in [0.29, 0.717) is 18.0 Å². The summed E-state index contributed by atoms with van der Waals surface area (Å²) in [6.07, 6.45) is 2.86. The minimum Gasteiger partial charge on any atom is -0.417 e. The number of sulfonamides is 1. The molecule has 1 aliphatic heterocycles. The molecule has 0 unspecified atom stereocenters. The van der Waals surface area contributed by atoms with Crippen molar-refractivity contribution < 1.29 is 12.8 Å². The lowest BCUT2D eigenvalue weighted by Crippen LogP contribution is -2.59. The third kappa shape index (κ3) is 7.61. The molecule has 1 aliphatic rings. The van der Waals surface area contributed by atoms with E-state index in [1.807, 2.05) is 19.1 Å². The SMILES string of the molecule is Cc1ccc(S(=O)(=O)N2C[C@@H](CCCCO[Si](C)(C)C(C)(C)C)N(C(c3ccccc3)c3ccccc3)C[C@H]2C)cc1. The number of aryl methyl sites for hydroxylation is 1. The number of nitrogens with zero attached hydrogens (tertiary/aromatic N) is 2. The van der Waals surface area contributed by atoms with Gasteiger partial charge in [0.2, 0.25) is 10.0 Å². The summed E-state index contributed by atoms with van der Waals surface area (Å²) in [5.74, 6) is 0. The molecule has 3 aromatic carbocycles. The Balaban J connectivity index is 1.62. The fourth-order valence-corrected chi connectivity index (χ4v) is 8.41. The van der Waals surface area contributed by atoms with Gasteiger partial charge in [0.05, 0.1) is 10.9 Å². The monoisotopic (exact) mass is 606 g/mol. The maximum absolute atomic E-state index is 13.9. The molecule has 0 bridgehead atoms. The third-order valence-electron chi connectivity index (χ3n) is 9.22. The molecule has 0 amide bonds. The second-order valence-corrected chi connectivity index (χ2v) is 20.1. The van der Waals surface area contributed by atoms with Crippen molar-refractivity contribution in [1.29, 1.82) is 0 Å². The Kier molecular flexibility index (Phi) is 10.5. The van der Waals surface area contributed by atoms with E-state index >= 15 is 0 Å². The minimum atomic E-state index is -3.62. The second kappa shape index (κ2) is 13.6. The van der Waals surface area contributed by atoms with Crippen LogP contribution in [0.1, 0.15) is 69.7 Å². The first kappa shape index (κ1) is 32.6. The van der Waals surface area contributed by atoms with Crippen LogP contribution in [0.4, 0.5) is 0 Å². The van der Waals surface area contributed by atoms with Crippen molar-refractivity contribution in [2.45, 2.75) is 95.0 Å². The number of unbranched alkanes of at least 4 members (excludes halogenated alkanes) is 1. The van der Waals surface area contributed by atoms with Crippen molar-refractivity contribution in [1.82, 2.24) is 9.21 Å². The summed E-state index contributed by atoms with van der Waals surface area (Å²) in [7, 11) is -5.42. The second-order valence-electron chi connectivity index (χ2n) is 13.4. The van der Waals surface area contributed by atoms with Crippen LogP contribution in [0.3, 0.4) is 0 Å². The standard InChI is InChI=1S/C35H50N2O3SSi/c1-28-21-23-33(24-22-28)41(38,39)37-27-32(20-14-15-25-40-42(6,7)35(3,4)5)36(26-29(37)2)34(30-16-10-8-11-17-30)31-18-12-9-13-19-31/h8-13,16-19,21-24,29,32,34H,14-15,20,25-27H2,1-7H3/t29-,32-/m1/s1. The van der Waals surface area contributed by atoms with Crippen LogP contribution in [0, 0.1) is 6.92 Å². The smallest absolute Gasteiger partial charge is 0.243 e. The lowest BCUT2D eigenvalue weighted by molar-refractivity contribution is 0.0516. The highest BCUT2D eigenvalue weighted by Crippen LogP contribution is 2.38. The van der Waals surface area contributed by atoms with Crippen LogP contribution in [-0.2, 0) is 14.4 Å². The van der Waals surface area contributed by atoms with E-state index in [0.717, 1.165) is 31.4 Å². The van der Waals surface area contributed by atoms with Crippen molar-refractivity contribution in [2.75, 3.05) is 19.7 Å². The van der Waals surface area contributed by atoms with Crippen LogP contribution in [0.15, 0.2) is 89.8 Å². The Morgan fingerprint density at radius 2 is 1.40 bits per heavy atom. The molecule has 0 aromatic heterocycles. The average Bonchev–Trinajstić information content (AvgIpc) is 2.94. The zero-order valence-corrected chi connectivity index (χ0v) is 28.4. The quantitative estimate of drug-likeness (QED) is 0.164. The van der Waals surface area contributed by atoms with Gasteiger partial charge in [-0.25, -0.2) is 8.42 Å². The molecule has 0 saturated carbocycles. The molecule has 2 atom stereocenters. The van der Waals surface area contributed by atoms with E-state index in [-0.39, 0.29) is 23.2 Å². The Morgan fingerprint density at radius 1 is 0.857 bits per heavy atom. The number of benzene rings is 3. The Morgan fingerprint density at radius 3 is 1.93 bits per heavy atom. The molecular weight excluding hydrogens is 557 g/mol. The van der Waals surface area contributed by atoms with E-state index in [4.69, 9.17) is 4.43 Å². The molecule has 42 heavy (non-hydrogen) atoms. The molecular formula is C35H50N2O3SSi. The van der Waals surface area contributed by atoms with Gasteiger partial charge in [0.1, 0.15) is 0 Å². The highest BCUT2D eigenvalue weighted by Gasteiger charge is 2.42. The van der Waals surface area contributed by atoms with Gasteiger partial charge in [-0.2, -0.15) is 4.31 Å². The molecule has 3 aromatic rings. The predicted octanol–water partition coefficient (Wildman–Crippen LogP) is 8.04. The molecule has 228 valence electrons. The molecule has 7 heteroatoms. The number of hydrogen-bond acceptors (Lipinski definition) is 4. The minimum absolute atomic E-state index is 0.0487. The van der Waals surface area contributed by atoms with Crippen molar-refractivity contribution in [3.63, 3.8) is 0 Å². The van der Waals surface area contributed by atoms with E-state index in [9.17, 15) is 8.42 Å². The van der Waals surface area contributed by atoms with E-state index in [2.05, 4.69) is 106 Å². The molecule has 0 aliphatic carbocycles. The first-order valence-corrected chi connectivity index (χ1v) is 19.7. The number of hydrogen-bond donors (Lipinski definition) is 0. The summed E-state index contributed by atoms with van der Waals surface area (Å²) in [6.45, 7) is 17.3. The van der Waals surface area contributed by atoms with Gasteiger partial charge in [0.15, 0.2) is 8.32 Å². The fourth-order valence-electron chi connectivity index (χ4n) is 5.66. The first-order chi connectivity index (χ1) is 19.8. The summed E-state index contributed by atoms with van der Waals surface area (Å²) in [5, 5.41) is 0.187. The normalized spacial score (nSPS) is 19.3. The van der Waals surface area contributed by atoms with Crippen molar-refractivity contribution >= 4 is 18.3 Å². The summed E-state index contributed by atoms with van der Waals surface area (Å²) >= 11 is 0. The Bertz CT molecular complexity index is 1330. The summed E-state index contributed by atoms with van der Waals surface area (Å²) in [4.78, 5) is 2.93. The van der Waals surface area contributed by atoms with Crippen LogP contribution in [0.5, 0.6) is 0 Å². The van der Waals surface area contributed by atoms with Crippen LogP contribution in [0.2, 0.25) is 18.1 Å². The van der Waals surface area contributed by atoms with Gasteiger partial charge < -0.3 is 4.43 Å². The van der Waals surface area contributed by atoms with Crippen LogP contribution >= 0.6 is 0 Å². The Labute approximate surface area is 256 Å². The van der Waals surface area contributed by atoms with Crippen LogP contribution < -0.4 is 0 Å². The summed E-state index contributed by atoms with van der Waals surface area (Å²) in [5.41, 5.74) is 3.52. The van der Waals surface area contributed by atoms with Gasteiger partial charge in [-0.1, -0.05) is 99.1 Å². The highest BCUT2D eigenvalue weighted by atomic mass is 32.2. The van der Waals surface area contributed by atoms with Gasteiger partial charge in [-0.05, 0) is 74.5 Å². The molecule has 5 nitrogen and oxygen atoms in total. The van der Waals surface area contributed by atoms with Crippen LogP contribution in [0.25, 0.3) is 0 Å². The molecule has 0 spiro atoms. The number of rotatable bonds is 11. The number of piperazine rings is 1. The highest BCUT2D eigenvalue weighted by molar-refractivity contribution is 7.89. The molecule has 1 heterocycles. The van der Waals surface area contributed by atoms with Gasteiger partial charge in [0, 0.05) is 31.8 Å². The zero-order valence-electron chi connectivity index (χ0n) is 26.6. The predicted molar refractivity (Wildman–Crippen MR) is 177 cm³/mol. The summed E-state index contributed by atoms with van der Waals surface area (Å²) in [6, 6.07) is 28.5. The molecule has 4 rings (SSSR count). The zero-order chi connectivity index (χ0) is 30.5. The first-order valence-electron chi connectivity index (χ1n) is 15.4. The third-order valence-corrected chi connectivity index (χ3v) is 15.7. The average molecular weight is 607 g/mol. The van der Waals surface area contributed by atoms with Crippen molar-refractivity contribution in [2.24, 2.45) is 0 Å². The van der Waals surface area contributed by atoms with Crippen molar-refractivity contribution in [3.8, 4) is 0 Å². The van der Waals surface area contributed by atoms with Gasteiger partial charge >= 0.3 is 0 Å². The molecule has 1 fully saturated rings. The maximum Gasteiger partial charge on any atom is 0.243 e. The topological polar surface area (TPSA) is 49.9 Å². The molecule has 0 radical (unpaired) electrons. The van der Waals surface area contributed by atoms with E-state index in [1.165, 1.54) is 11.1 Å². The van der Waals surface area contributed by atoms with E-state index in [1.54, 1.807) is 16.4 Å².